The topological polar surface area (TPSA) is 84.7 Å². The predicted molar refractivity (Wildman–Crippen MR) is 94.5 cm³/mol. The van der Waals surface area contributed by atoms with Crippen LogP contribution in [0.4, 0.5) is 5.69 Å². The Hall–Kier alpha value is -1.85. The van der Waals surface area contributed by atoms with Crippen LogP contribution in [0.2, 0.25) is 0 Å². The number of nitrogens with zero attached hydrogens (tertiary/aromatic N) is 1. The number of rotatable bonds is 4. The minimum Gasteiger partial charge on any atom is -0.627 e. The molecule has 25 heavy (non-hydrogen) atoms. The van der Waals surface area contributed by atoms with Crippen molar-refractivity contribution in [3.05, 3.63) is 70.3 Å². The van der Waals surface area contributed by atoms with Gasteiger partial charge in [0.15, 0.2) is 0 Å². The molecule has 0 radical (unpaired) electrons. The Kier molecular flexibility index (Phi) is 4.89. The van der Waals surface area contributed by atoms with Crippen molar-refractivity contribution in [3.8, 4) is 0 Å². The van der Waals surface area contributed by atoms with Gasteiger partial charge in [0.1, 0.15) is 18.5 Å². The van der Waals surface area contributed by atoms with Gasteiger partial charge in [-0.05, 0) is 23.1 Å². The molecule has 7 heteroatoms. The van der Waals surface area contributed by atoms with E-state index in [0.717, 1.165) is 0 Å². The summed E-state index contributed by atoms with van der Waals surface area (Å²) in [5, 5.41) is 11.1. The Morgan fingerprint density at radius 2 is 1.60 bits per heavy atom. The summed E-state index contributed by atoms with van der Waals surface area (Å²) in [5.74, 6) is 0.0509. The first-order valence-electron chi connectivity index (χ1n) is 8.02. The van der Waals surface area contributed by atoms with Crippen LogP contribution >= 0.6 is 7.94 Å². The van der Waals surface area contributed by atoms with E-state index in [9.17, 15) is 15.0 Å². The fourth-order valence-corrected chi connectivity index (χ4v) is 4.53. The van der Waals surface area contributed by atoms with Gasteiger partial charge < -0.3 is 4.89 Å². The SMILES string of the molecule is CC(C)(c1ccccc1)C1CO[P+]([O-])(c2ccc([N+](=O)[O-])cc2)OC1. The van der Waals surface area contributed by atoms with Gasteiger partial charge in [-0.2, -0.15) is 0 Å². The van der Waals surface area contributed by atoms with E-state index in [-0.39, 0.29) is 17.0 Å². The summed E-state index contributed by atoms with van der Waals surface area (Å²) < 4.78 is 11.3. The van der Waals surface area contributed by atoms with E-state index >= 15 is 0 Å². The second-order valence-corrected chi connectivity index (χ2v) is 8.67. The Morgan fingerprint density at radius 1 is 1.04 bits per heavy atom. The summed E-state index contributed by atoms with van der Waals surface area (Å²) in [7, 11) is -3.44. The highest BCUT2D eigenvalue weighted by atomic mass is 31.2. The van der Waals surface area contributed by atoms with Crippen molar-refractivity contribution in [2.75, 3.05) is 13.2 Å². The highest BCUT2D eigenvalue weighted by Gasteiger charge is 2.45. The number of hydrogen-bond acceptors (Lipinski definition) is 5. The molecule has 1 saturated heterocycles. The number of non-ortho nitro benzene ring substituents is 1. The quantitative estimate of drug-likeness (QED) is 0.475. The van der Waals surface area contributed by atoms with Crippen LogP contribution in [0.3, 0.4) is 0 Å². The average molecular weight is 361 g/mol. The molecule has 0 aliphatic carbocycles. The van der Waals surface area contributed by atoms with E-state index in [0.29, 0.717) is 18.5 Å². The zero-order valence-electron chi connectivity index (χ0n) is 14.1. The van der Waals surface area contributed by atoms with Crippen LogP contribution in [-0.4, -0.2) is 18.1 Å². The van der Waals surface area contributed by atoms with Gasteiger partial charge in [-0.25, -0.2) is 9.05 Å². The molecule has 0 N–H and O–H groups in total. The third-order valence-electron chi connectivity index (χ3n) is 4.81. The highest BCUT2D eigenvalue weighted by Crippen LogP contribution is 2.56. The minimum absolute atomic E-state index is 0.0509. The summed E-state index contributed by atoms with van der Waals surface area (Å²) in [6.07, 6.45) is 0. The van der Waals surface area contributed by atoms with Crippen LogP contribution in [0.25, 0.3) is 0 Å². The Labute approximate surface area is 147 Å². The molecular formula is C18H20NO5P. The molecule has 0 unspecified atom stereocenters. The van der Waals surface area contributed by atoms with Gasteiger partial charge >= 0.3 is 0 Å². The lowest BCUT2D eigenvalue weighted by Crippen LogP contribution is -2.42. The van der Waals surface area contributed by atoms with E-state index < -0.39 is 12.9 Å². The van der Waals surface area contributed by atoms with Crippen molar-refractivity contribution < 1.29 is 18.9 Å². The second kappa shape index (κ2) is 6.81. The lowest BCUT2D eigenvalue weighted by atomic mass is 9.74. The lowest BCUT2D eigenvalue weighted by Gasteiger charge is -2.40. The van der Waals surface area contributed by atoms with E-state index in [4.69, 9.17) is 9.05 Å². The summed E-state index contributed by atoms with van der Waals surface area (Å²) in [6.45, 7) is 4.83. The van der Waals surface area contributed by atoms with Crippen LogP contribution < -0.4 is 10.2 Å². The zero-order valence-corrected chi connectivity index (χ0v) is 15.0. The van der Waals surface area contributed by atoms with E-state index in [2.05, 4.69) is 26.0 Å². The zero-order chi connectivity index (χ0) is 18.1. The van der Waals surface area contributed by atoms with Crippen LogP contribution in [0, 0.1) is 16.0 Å². The molecule has 0 saturated carbocycles. The molecule has 1 heterocycles. The summed E-state index contributed by atoms with van der Waals surface area (Å²) >= 11 is 0. The average Bonchev–Trinajstić information content (AvgIpc) is 2.63. The fourth-order valence-electron chi connectivity index (χ4n) is 2.89. The van der Waals surface area contributed by atoms with Gasteiger partial charge in [0.25, 0.3) is 13.6 Å². The maximum Gasteiger partial charge on any atom is 0.271 e. The van der Waals surface area contributed by atoms with Crippen LogP contribution in [0.5, 0.6) is 0 Å². The molecule has 1 aliphatic heterocycles. The molecule has 2 aromatic carbocycles. The standard InChI is InChI=1S/C18H20NO5P/c1-18(2,14-6-4-3-5-7-14)15-12-23-25(22,24-13-15)17-10-8-16(9-11-17)19(20)21/h3-11,15H,12-13H2,1-2H3. The van der Waals surface area contributed by atoms with Crippen molar-refractivity contribution >= 4 is 18.9 Å². The molecule has 2 aromatic rings. The first-order chi connectivity index (χ1) is 11.8. The largest absolute Gasteiger partial charge is 0.627 e. The first-order valence-corrected chi connectivity index (χ1v) is 9.57. The van der Waals surface area contributed by atoms with Crippen molar-refractivity contribution in [3.63, 3.8) is 0 Å². The van der Waals surface area contributed by atoms with Crippen molar-refractivity contribution in [2.24, 2.45) is 5.92 Å². The monoisotopic (exact) mass is 361 g/mol. The third kappa shape index (κ3) is 3.58. The first kappa shape index (κ1) is 18.0. The summed E-state index contributed by atoms with van der Waals surface area (Å²) in [4.78, 5) is 23.1. The molecule has 1 aliphatic rings. The lowest BCUT2D eigenvalue weighted by molar-refractivity contribution is -0.384. The summed E-state index contributed by atoms with van der Waals surface area (Å²) in [5.41, 5.74) is 0.914. The van der Waals surface area contributed by atoms with Crippen molar-refractivity contribution in [1.29, 1.82) is 0 Å². The molecule has 0 aromatic heterocycles. The maximum atomic E-state index is 12.9. The molecule has 6 nitrogen and oxygen atoms in total. The van der Waals surface area contributed by atoms with Crippen LogP contribution in [0.1, 0.15) is 19.4 Å². The van der Waals surface area contributed by atoms with Crippen molar-refractivity contribution in [1.82, 2.24) is 0 Å². The molecule has 0 spiro atoms. The third-order valence-corrected chi connectivity index (χ3v) is 6.72. The van der Waals surface area contributed by atoms with E-state index in [1.807, 2.05) is 18.2 Å². The summed E-state index contributed by atoms with van der Waals surface area (Å²) in [6, 6.07) is 15.5. The van der Waals surface area contributed by atoms with Gasteiger partial charge in [0.05, 0.1) is 4.92 Å². The van der Waals surface area contributed by atoms with Crippen molar-refractivity contribution in [2.45, 2.75) is 19.3 Å². The number of hydrogen-bond donors (Lipinski definition) is 0. The maximum absolute atomic E-state index is 12.9. The smallest absolute Gasteiger partial charge is 0.271 e. The number of benzene rings is 2. The Morgan fingerprint density at radius 3 is 2.12 bits per heavy atom. The van der Waals surface area contributed by atoms with Crippen LogP contribution in [-0.2, 0) is 14.5 Å². The molecule has 0 amide bonds. The second-order valence-electron chi connectivity index (χ2n) is 6.65. The fraction of sp³-hybridized carbons (Fsp3) is 0.333. The van der Waals surface area contributed by atoms with Gasteiger partial charge in [-0.15, -0.1) is 0 Å². The molecular weight excluding hydrogens is 341 g/mol. The minimum atomic E-state index is -3.44. The van der Waals surface area contributed by atoms with Crippen LogP contribution in [0.15, 0.2) is 54.6 Å². The Balaban J connectivity index is 1.73. The van der Waals surface area contributed by atoms with E-state index in [1.54, 1.807) is 0 Å². The Bertz CT molecular complexity index is 740. The number of nitro benzene ring substituents is 1. The molecule has 3 rings (SSSR count). The van der Waals surface area contributed by atoms with Gasteiger partial charge in [0.2, 0.25) is 0 Å². The normalized spacial score (nSPS) is 24.0. The predicted octanol–water partition coefficient (Wildman–Crippen LogP) is 2.98. The molecule has 0 atom stereocenters. The molecule has 132 valence electrons. The van der Waals surface area contributed by atoms with Gasteiger partial charge in [-0.3, -0.25) is 10.1 Å². The van der Waals surface area contributed by atoms with Gasteiger partial charge in [-0.1, -0.05) is 44.2 Å². The highest BCUT2D eigenvalue weighted by molar-refractivity contribution is 7.67. The van der Waals surface area contributed by atoms with E-state index in [1.165, 1.54) is 29.8 Å². The molecule has 0 bridgehead atoms. The number of nitro groups is 1. The molecule has 1 fully saturated rings. The van der Waals surface area contributed by atoms with Gasteiger partial charge in [0, 0.05) is 18.1 Å².